The van der Waals surface area contributed by atoms with Gasteiger partial charge in [-0.3, -0.25) is 9.59 Å². The summed E-state index contributed by atoms with van der Waals surface area (Å²) in [7, 11) is -2.17. The number of aryl methyl sites for hydroxylation is 1. The molecule has 0 unspecified atom stereocenters. The quantitative estimate of drug-likeness (QED) is 0.723. The van der Waals surface area contributed by atoms with Gasteiger partial charge >= 0.3 is 0 Å². The van der Waals surface area contributed by atoms with Crippen LogP contribution in [0.25, 0.3) is 0 Å². The van der Waals surface area contributed by atoms with E-state index in [-0.39, 0.29) is 23.3 Å². The number of piperidine rings is 1. The molecule has 0 aliphatic carbocycles. The van der Waals surface area contributed by atoms with E-state index in [0.717, 1.165) is 24.1 Å². The van der Waals surface area contributed by atoms with Gasteiger partial charge in [0, 0.05) is 37.9 Å². The molecule has 2 aromatic rings. The summed E-state index contributed by atoms with van der Waals surface area (Å²) in [5.74, 6) is 0.0248. The van der Waals surface area contributed by atoms with Gasteiger partial charge in [-0.25, -0.2) is 8.42 Å². The van der Waals surface area contributed by atoms with E-state index < -0.39 is 15.9 Å². The Morgan fingerprint density at radius 3 is 2.52 bits per heavy atom. The molecule has 0 bridgehead atoms. The zero-order chi connectivity index (χ0) is 23.6. The van der Waals surface area contributed by atoms with Gasteiger partial charge < -0.3 is 15.0 Å². The van der Waals surface area contributed by atoms with Gasteiger partial charge in [0.1, 0.15) is 5.75 Å². The highest BCUT2D eigenvalue weighted by Crippen LogP contribution is 2.32. The Balaban J connectivity index is 1.49. The predicted octanol–water partition coefficient (Wildman–Crippen LogP) is 3.03. The number of rotatable bonds is 5. The number of nitrogens with one attached hydrogen (secondary N) is 1. The van der Waals surface area contributed by atoms with E-state index in [4.69, 9.17) is 4.74 Å². The number of anilines is 2. The third kappa shape index (κ3) is 4.89. The number of hydrogen-bond acceptors (Lipinski definition) is 5. The topological polar surface area (TPSA) is 96.0 Å². The average molecular weight is 472 g/mol. The van der Waals surface area contributed by atoms with Crippen LogP contribution in [0.15, 0.2) is 47.4 Å². The number of ether oxygens (including phenoxy) is 1. The number of methoxy groups -OCH3 is 1. The number of hydrogen-bond donors (Lipinski definition) is 1. The maximum Gasteiger partial charge on any atom is 0.243 e. The first kappa shape index (κ1) is 23.3. The number of benzene rings is 2. The molecule has 1 N–H and O–H groups in total. The Hall–Kier alpha value is -2.91. The van der Waals surface area contributed by atoms with E-state index in [0.29, 0.717) is 37.4 Å². The lowest BCUT2D eigenvalue weighted by Gasteiger charge is -2.32. The summed E-state index contributed by atoms with van der Waals surface area (Å²) in [6, 6.07) is 12.0. The van der Waals surface area contributed by atoms with Crippen LogP contribution in [0.3, 0.4) is 0 Å². The van der Waals surface area contributed by atoms with Gasteiger partial charge in [0.15, 0.2) is 0 Å². The molecule has 2 amide bonds. The first-order chi connectivity index (χ1) is 15.8. The van der Waals surface area contributed by atoms with Crippen molar-refractivity contribution in [3.8, 4) is 5.75 Å². The summed E-state index contributed by atoms with van der Waals surface area (Å²) in [6.07, 6.45) is 2.78. The minimum atomic E-state index is -3.75. The second kappa shape index (κ2) is 9.52. The minimum Gasteiger partial charge on any atom is -0.497 e. The molecule has 9 heteroatoms. The molecule has 0 saturated carbocycles. The molecular formula is C24H29N3O5S. The van der Waals surface area contributed by atoms with Crippen LogP contribution in [0, 0.1) is 5.92 Å². The monoisotopic (exact) mass is 471 g/mol. The van der Waals surface area contributed by atoms with Crippen molar-refractivity contribution in [2.45, 2.75) is 37.5 Å². The van der Waals surface area contributed by atoms with Crippen LogP contribution in [0.5, 0.6) is 5.75 Å². The molecule has 4 rings (SSSR count). The molecule has 2 aliphatic heterocycles. The predicted molar refractivity (Wildman–Crippen MR) is 126 cm³/mol. The standard InChI is InChI=1S/C24H29N3O5S/c1-17(28)27-14-4-5-18-15-22(11-12-23(18)27)33(30,31)26-13-3-6-19(16-26)24(29)25-20-7-9-21(32-2)10-8-20/h7-12,15,19H,3-6,13-14,16H2,1-2H3,(H,25,29)/t19-/m1/s1. The first-order valence-electron chi connectivity index (χ1n) is 11.2. The zero-order valence-electron chi connectivity index (χ0n) is 18.9. The molecule has 33 heavy (non-hydrogen) atoms. The number of fused-ring (bicyclic) bond motifs is 1. The van der Waals surface area contributed by atoms with E-state index >= 15 is 0 Å². The zero-order valence-corrected chi connectivity index (χ0v) is 19.7. The minimum absolute atomic E-state index is 0.0479. The normalized spacial score (nSPS) is 19.0. The molecule has 2 aliphatic rings. The molecule has 8 nitrogen and oxygen atoms in total. The van der Waals surface area contributed by atoms with Gasteiger partial charge in [0.05, 0.1) is 17.9 Å². The Kier molecular flexibility index (Phi) is 6.71. The Bertz CT molecular complexity index is 1150. The lowest BCUT2D eigenvalue weighted by Crippen LogP contribution is -2.43. The van der Waals surface area contributed by atoms with Crippen LogP contribution in [-0.4, -0.2) is 51.3 Å². The van der Waals surface area contributed by atoms with Crippen molar-refractivity contribution in [3.63, 3.8) is 0 Å². The fraction of sp³-hybridized carbons (Fsp3) is 0.417. The van der Waals surface area contributed by atoms with Crippen molar-refractivity contribution >= 4 is 33.2 Å². The van der Waals surface area contributed by atoms with Gasteiger partial charge in [-0.05, 0) is 73.7 Å². The van der Waals surface area contributed by atoms with Gasteiger partial charge in [0.2, 0.25) is 21.8 Å². The van der Waals surface area contributed by atoms with Gasteiger partial charge in [-0.1, -0.05) is 0 Å². The molecule has 1 fully saturated rings. The van der Waals surface area contributed by atoms with Crippen LogP contribution in [0.2, 0.25) is 0 Å². The summed E-state index contributed by atoms with van der Waals surface area (Å²) in [5.41, 5.74) is 2.29. The first-order valence-corrected chi connectivity index (χ1v) is 12.6. The van der Waals surface area contributed by atoms with Crippen LogP contribution in [0.1, 0.15) is 31.7 Å². The van der Waals surface area contributed by atoms with Crippen LogP contribution in [0.4, 0.5) is 11.4 Å². The van der Waals surface area contributed by atoms with Crippen LogP contribution >= 0.6 is 0 Å². The van der Waals surface area contributed by atoms with Crippen LogP contribution < -0.4 is 15.0 Å². The van der Waals surface area contributed by atoms with Gasteiger partial charge in [-0.2, -0.15) is 4.31 Å². The van der Waals surface area contributed by atoms with E-state index in [1.807, 2.05) is 0 Å². The smallest absolute Gasteiger partial charge is 0.243 e. The molecule has 2 heterocycles. The van der Waals surface area contributed by atoms with Crippen molar-refractivity contribution in [2.24, 2.45) is 5.92 Å². The highest BCUT2D eigenvalue weighted by atomic mass is 32.2. The second-order valence-electron chi connectivity index (χ2n) is 8.48. The molecule has 1 saturated heterocycles. The molecule has 0 spiro atoms. The molecule has 1 atom stereocenters. The van der Waals surface area contributed by atoms with E-state index in [1.54, 1.807) is 54.5 Å². The lowest BCUT2D eigenvalue weighted by atomic mass is 9.98. The molecule has 176 valence electrons. The van der Waals surface area contributed by atoms with Crippen molar-refractivity contribution in [1.29, 1.82) is 0 Å². The van der Waals surface area contributed by atoms with Gasteiger partial charge in [-0.15, -0.1) is 0 Å². The van der Waals surface area contributed by atoms with Crippen molar-refractivity contribution in [2.75, 3.05) is 37.0 Å². The Labute approximate surface area is 194 Å². The third-order valence-corrected chi connectivity index (χ3v) is 8.16. The van der Waals surface area contributed by atoms with Crippen molar-refractivity contribution in [1.82, 2.24) is 4.31 Å². The lowest BCUT2D eigenvalue weighted by molar-refractivity contribution is -0.121. The summed E-state index contributed by atoms with van der Waals surface area (Å²) in [4.78, 5) is 26.6. The van der Waals surface area contributed by atoms with E-state index in [1.165, 1.54) is 11.2 Å². The fourth-order valence-electron chi connectivity index (χ4n) is 4.50. The van der Waals surface area contributed by atoms with E-state index in [9.17, 15) is 18.0 Å². The number of carbonyl (C=O) groups excluding carboxylic acids is 2. The molecule has 2 aromatic carbocycles. The second-order valence-corrected chi connectivity index (χ2v) is 10.4. The summed E-state index contributed by atoms with van der Waals surface area (Å²) in [6.45, 7) is 2.68. The highest BCUT2D eigenvalue weighted by Gasteiger charge is 2.34. The van der Waals surface area contributed by atoms with Gasteiger partial charge in [0.25, 0.3) is 0 Å². The number of amides is 2. The van der Waals surface area contributed by atoms with Crippen molar-refractivity contribution in [3.05, 3.63) is 48.0 Å². The third-order valence-electron chi connectivity index (χ3n) is 6.30. The molecular weight excluding hydrogens is 442 g/mol. The summed E-state index contributed by atoms with van der Waals surface area (Å²) in [5, 5.41) is 2.88. The number of nitrogens with zero attached hydrogens (tertiary/aromatic N) is 2. The maximum absolute atomic E-state index is 13.4. The maximum atomic E-state index is 13.4. The Morgan fingerprint density at radius 2 is 1.82 bits per heavy atom. The fourth-order valence-corrected chi connectivity index (χ4v) is 6.08. The SMILES string of the molecule is COc1ccc(NC(=O)[C@@H]2CCCN(S(=O)(=O)c3ccc4c(c3)CCCN4C(C)=O)C2)cc1. The number of carbonyl (C=O) groups is 2. The summed E-state index contributed by atoms with van der Waals surface area (Å²) >= 11 is 0. The molecule has 0 aromatic heterocycles. The Morgan fingerprint density at radius 1 is 1.06 bits per heavy atom. The highest BCUT2D eigenvalue weighted by molar-refractivity contribution is 7.89. The largest absolute Gasteiger partial charge is 0.497 e. The molecule has 0 radical (unpaired) electrons. The van der Waals surface area contributed by atoms with Crippen molar-refractivity contribution < 1.29 is 22.7 Å². The van der Waals surface area contributed by atoms with Crippen LogP contribution in [-0.2, 0) is 26.0 Å². The van der Waals surface area contributed by atoms with E-state index in [2.05, 4.69) is 5.32 Å². The number of sulfonamides is 1. The summed E-state index contributed by atoms with van der Waals surface area (Å²) < 4.78 is 33.3. The average Bonchev–Trinajstić information content (AvgIpc) is 2.83.